The number of nitrogens with zero attached hydrogens (tertiary/aromatic N) is 1. The lowest BCUT2D eigenvalue weighted by molar-refractivity contribution is -0.0820. The van der Waals surface area contributed by atoms with Crippen molar-refractivity contribution >= 4 is 0 Å². The predicted octanol–water partition coefficient (Wildman–Crippen LogP) is -0.222. The maximum atomic E-state index is 9.19. The van der Waals surface area contributed by atoms with Crippen LogP contribution in [-0.4, -0.2) is 51.2 Å². The molecule has 3 N–H and O–H groups in total. The van der Waals surface area contributed by atoms with Gasteiger partial charge in [-0.05, 0) is 27.7 Å². The van der Waals surface area contributed by atoms with Crippen LogP contribution in [0.1, 0.15) is 27.7 Å². The Balaban J connectivity index is 4.20. The number of hydrogen-bond acceptors (Lipinski definition) is 4. The van der Waals surface area contributed by atoms with Crippen LogP contribution in [0.4, 0.5) is 0 Å². The monoisotopic (exact) mass is 191 g/mol. The van der Waals surface area contributed by atoms with E-state index in [9.17, 15) is 5.11 Å². The molecule has 0 heterocycles. The highest BCUT2D eigenvalue weighted by Crippen LogP contribution is 2.13. The number of hydrogen-bond donors (Lipinski definition) is 3. The van der Waals surface area contributed by atoms with Gasteiger partial charge in [-0.2, -0.15) is 0 Å². The molecule has 0 aliphatic rings. The molecule has 0 radical (unpaired) electrons. The lowest BCUT2D eigenvalue weighted by atomic mass is 10.1. The molecule has 0 spiro atoms. The SMILES string of the molecule is CC(O)CN(CC(O)O)C(C)(C)C. The van der Waals surface area contributed by atoms with Crippen LogP contribution in [0, 0.1) is 0 Å². The standard InChI is InChI=1S/C9H21NO3/c1-7(11)5-10(6-8(12)13)9(2,3)4/h7-8,11-13H,5-6H2,1-4H3. The highest BCUT2D eigenvalue weighted by molar-refractivity contribution is 4.77. The Morgan fingerprint density at radius 2 is 1.54 bits per heavy atom. The van der Waals surface area contributed by atoms with E-state index >= 15 is 0 Å². The van der Waals surface area contributed by atoms with E-state index < -0.39 is 12.4 Å². The van der Waals surface area contributed by atoms with Crippen molar-refractivity contribution in [2.75, 3.05) is 13.1 Å². The molecular formula is C9H21NO3. The summed E-state index contributed by atoms with van der Waals surface area (Å²) in [7, 11) is 0. The second kappa shape index (κ2) is 4.91. The first-order valence-corrected chi connectivity index (χ1v) is 4.52. The Morgan fingerprint density at radius 1 is 1.08 bits per heavy atom. The van der Waals surface area contributed by atoms with Gasteiger partial charge in [0.15, 0.2) is 6.29 Å². The van der Waals surface area contributed by atoms with Crippen LogP contribution in [0.2, 0.25) is 0 Å². The smallest absolute Gasteiger partial charge is 0.164 e. The van der Waals surface area contributed by atoms with Crippen LogP contribution in [-0.2, 0) is 0 Å². The fourth-order valence-electron chi connectivity index (χ4n) is 1.14. The van der Waals surface area contributed by atoms with Crippen molar-refractivity contribution in [2.45, 2.75) is 45.6 Å². The van der Waals surface area contributed by atoms with Crippen molar-refractivity contribution in [3.8, 4) is 0 Å². The summed E-state index contributed by atoms with van der Waals surface area (Å²) >= 11 is 0. The van der Waals surface area contributed by atoms with Crippen molar-refractivity contribution in [3.05, 3.63) is 0 Å². The van der Waals surface area contributed by atoms with Gasteiger partial charge in [0.25, 0.3) is 0 Å². The van der Waals surface area contributed by atoms with Gasteiger partial charge in [0.05, 0.1) is 6.10 Å². The first kappa shape index (κ1) is 12.8. The number of β-amino-alcohol motifs (C(OH)–C–C–N with tert-alkyl or cyclic N) is 3. The van der Waals surface area contributed by atoms with Gasteiger partial charge in [-0.3, -0.25) is 4.90 Å². The summed E-state index contributed by atoms with van der Waals surface area (Å²) in [6.45, 7) is 8.20. The molecule has 0 aromatic heterocycles. The largest absolute Gasteiger partial charge is 0.392 e. The zero-order valence-electron chi connectivity index (χ0n) is 8.86. The van der Waals surface area contributed by atoms with Crippen LogP contribution >= 0.6 is 0 Å². The van der Waals surface area contributed by atoms with Crippen molar-refractivity contribution in [3.63, 3.8) is 0 Å². The van der Waals surface area contributed by atoms with Crippen LogP contribution in [0.3, 0.4) is 0 Å². The molecule has 4 heteroatoms. The molecule has 0 aromatic carbocycles. The Kier molecular flexibility index (Phi) is 4.85. The summed E-state index contributed by atoms with van der Waals surface area (Å²) in [5.74, 6) is 0. The van der Waals surface area contributed by atoms with Crippen molar-refractivity contribution < 1.29 is 15.3 Å². The molecule has 0 saturated carbocycles. The molecular weight excluding hydrogens is 170 g/mol. The van der Waals surface area contributed by atoms with Crippen molar-refractivity contribution in [1.82, 2.24) is 4.90 Å². The highest BCUT2D eigenvalue weighted by Gasteiger charge is 2.23. The summed E-state index contributed by atoms with van der Waals surface area (Å²) in [4.78, 5) is 1.84. The Morgan fingerprint density at radius 3 is 1.77 bits per heavy atom. The maximum Gasteiger partial charge on any atom is 0.164 e. The maximum absolute atomic E-state index is 9.19. The molecule has 0 saturated heterocycles. The molecule has 1 atom stereocenters. The van der Waals surface area contributed by atoms with E-state index in [-0.39, 0.29) is 12.1 Å². The van der Waals surface area contributed by atoms with E-state index in [1.807, 2.05) is 25.7 Å². The van der Waals surface area contributed by atoms with Gasteiger partial charge in [-0.1, -0.05) is 0 Å². The topological polar surface area (TPSA) is 63.9 Å². The molecule has 80 valence electrons. The molecule has 0 aliphatic carbocycles. The van der Waals surface area contributed by atoms with E-state index in [1.54, 1.807) is 6.92 Å². The van der Waals surface area contributed by atoms with Gasteiger partial charge in [0.2, 0.25) is 0 Å². The minimum Gasteiger partial charge on any atom is -0.392 e. The highest BCUT2D eigenvalue weighted by atomic mass is 16.5. The third-order valence-corrected chi connectivity index (χ3v) is 1.82. The molecule has 4 nitrogen and oxygen atoms in total. The lowest BCUT2D eigenvalue weighted by Crippen LogP contribution is -2.48. The zero-order chi connectivity index (χ0) is 10.6. The second-order valence-electron chi connectivity index (χ2n) is 4.41. The molecule has 0 fully saturated rings. The van der Waals surface area contributed by atoms with E-state index in [1.165, 1.54) is 0 Å². The third-order valence-electron chi connectivity index (χ3n) is 1.82. The van der Waals surface area contributed by atoms with Gasteiger partial charge in [0, 0.05) is 18.6 Å². The first-order valence-electron chi connectivity index (χ1n) is 4.52. The fourth-order valence-corrected chi connectivity index (χ4v) is 1.14. The Hall–Kier alpha value is -0.160. The summed E-state index contributed by atoms with van der Waals surface area (Å²) in [6, 6.07) is 0. The molecule has 0 rings (SSSR count). The summed E-state index contributed by atoms with van der Waals surface area (Å²) in [6.07, 6.45) is -1.81. The van der Waals surface area contributed by atoms with Gasteiger partial charge < -0.3 is 15.3 Å². The summed E-state index contributed by atoms with van der Waals surface area (Å²) in [5.41, 5.74) is -0.166. The molecule has 0 amide bonds. The number of aliphatic hydroxyl groups excluding tert-OH is 2. The molecule has 0 aliphatic heterocycles. The van der Waals surface area contributed by atoms with Crippen LogP contribution in [0.15, 0.2) is 0 Å². The second-order valence-corrected chi connectivity index (χ2v) is 4.41. The van der Waals surface area contributed by atoms with E-state index in [4.69, 9.17) is 10.2 Å². The van der Waals surface area contributed by atoms with E-state index in [0.717, 1.165) is 0 Å². The summed E-state index contributed by atoms with van der Waals surface area (Å²) in [5, 5.41) is 26.9. The normalized spacial score (nSPS) is 15.5. The fraction of sp³-hybridized carbons (Fsp3) is 1.00. The quantitative estimate of drug-likeness (QED) is 0.537. The number of rotatable bonds is 4. The molecule has 13 heavy (non-hydrogen) atoms. The van der Waals surface area contributed by atoms with Crippen molar-refractivity contribution in [2.24, 2.45) is 0 Å². The first-order chi connectivity index (χ1) is 5.73. The molecule has 1 unspecified atom stereocenters. The summed E-state index contributed by atoms with van der Waals surface area (Å²) < 4.78 is 0. The van der Waals surface area contributed by atoms with Gasteiger partial charge >= 0.3 is 0 Å². The van der Waals surface area contributed by atoms with Gasteiger partial charge in [0.1, 0.15) is 0 Å². The molecule has 0 aromatic rings. The van der Waals surface area contributed by atoms with E-state index in [0.29, 0.717) is 6.54 Å². The average molecular weight is 191 g/mol. The van der Waals surface area contributed by atoms with Gasteiger partial charge in [-0.25, -0.2) is 0 Å². The lowest BCUT2D eigenvalue weighted by Gasteiger charge is -2.36. The van der Waals surface area contributed by atoms with Crippen LogP contribution in [0.25, 0.3) is 0 Å². The minimum absolute atomic E-state index is 0.161. The Bertz CT molecular complexity index is 130. The van der Waals surface area contributed by atoms with E-state index in [2.05, 4.69) is 0 Å². The average Bonchev–Trinajstić information content (AvgIpc) is 1.81. The Labute approximate surface area is 79.8 Å². The predicted molar refractivity (Wildman–Crippen MR) is 51.2 cm³/mol. The third kappa shape index (κ3) is 5.99. The molecule has 0 bridgehead atoms. The van der Waals surface area contributed by atoms with Crippen LogP contribution in [0.5, 0.6) is 0 Å². The zero-order valence-corrected chi connectivity index (χ0v) is 8.86. The van der Waals surface area contributed by atoms with Gasteiger partial charge in [-0.15, -0.1) is 0 Å². The van der Waals surface area contributed by atoms with Crippen molar-refractivity contribution in [1.29, 1.82) is 0 Å². The van der Waals surface area contributed by atoms with Crippen LogP contribution < -0.4 is 0 Å². The number of aliphatic hydroxyl groups is 3. The minimum atomic E-state index is -1.35.